The third-order valence-corrected chi connectivity index (χ3v) is 4.46. The van der Waals surface area contributed by atoms with Crippen molar-refractivity contribution in [3.8, 4) is 0 Å². The molecule has 5 nitrogen and oxygen atoms in total. The molecule has 142 valence electrons. The Morgan fingerprint density at radius 2 is 1.57 bits per heavy atom. The Labute approximate surface area is 165 Å². The molecule has 0 unspecified atom stereocenters. The molecule has 1 N–H and O–H groups in total. The van der Waals surface area contributed by atoms with Gasteiger partial charge in [-0.25, -0.2) is 4.98 Å². The summed E-state index contributed by atoms with van der Waals surface area (Å²) < 4.78 is 0. The van der Waals surface area contributed by atoms with Gasteiger partial charge in [0.2, 0.25) is 0 Å². The van der Waals surface area contributed by atoms with Gasteiger partial charge in [0.15, 0.2) is 0 Å². The second-order valence-electron chi connectivity index (χ2n) is 6.52. The minimum absolute atomic E-state index is 0.213. The summed E-state index contributed by atoms with van der Waals surface area (Å²) >= 11 is 0. The molecule has 0 bridgehead atoms. The molecule has 3 rings (SSSR count). The summed E-state index contributed by atoms with van der Waals surface area (Å²) in [6.45, 7) is 2.51. The molecule has 28 heavy (non-hydrogen) atoms. The van der Waals surface area contributed by atoms with E-state index in [9.17, 15) is 9.59 Å². The molecule has 1 aromatic heterocycles. The number of carbonyl (C=O) groups is 2. The Hall–Kier alpha value is -3.47. The molecule has 1 heterocycles. The van der Waals surface area contributed by atoms with E-state index in [0.29, 0.717) is 6.54 Å². The Morgan fingerprint density at radius 1 is 0.893 bits per heavy atom. The number of carbonyl (C=O) groups excluding carboxylic acids is 2. The van der Waals surface area contributed by atoms with Crippen molar-refractivity contribution in [2.45, 2.75) is 19.9 Å². The number of nitrogens with zero attached hydrogens (tertiary/aromatic N) is 2. The van der Waals surface area contributed by atoms with Gasteiger partial charge in [-0.15, -0.1) is 0 Å². The van der Waals surface area contributed by atoms with E-state index in [-0.39, 0.29) is 23.2 Å². The normalized spacial score (nSPS) is 10.4. The highest BCUT2D eigenvalue weighted by molar-refractivity contribution is 6.04. The van der Waals surface area contributed by atoms with Crippen molar-refractivity contribution < 1.29 is 9.59 Å². The molecule has 3 aromatic rings. The summed E-state index contributed by atoms with van der Waals surface area (Å²) in [5.74, 6) is -0.561. The molecular weight excluding hydrogens is 350 g/mol. The van der Waals surface area contributed by atoms with Gasteiger partial charge in [-0.3, -0.25) is 9.59 Å². The molecule has 0 aliphatic rings. The minimum atomic E-state index is -0.332. The molecule has 0 atom stereocenters. The first-order valence-electron chi connectivity index (χ1n) is 9.24. The molecular formula is C23H23N3O2. The average Bonchev–Trinajstić information content (AvgIpc) is 2.74. The van der Waals surface area contributed by atoms with Crippen molar-refractivity contribution in [3.05, 3.63) is 95.3 Å². The summed E-state index contributed by atoms with van der Waals surface area (Å²) in [7, 11) is 1.72. The molecule has 0 saturated carbocycles. The summed E-state index contributed by atoms with van der Waals surface area (Å²) in [5, 5.41) is 2.89. The number of hydrogen-bond acceptors (Lipinski definition) is 3. The standard InChI is InChI=1S/C23H23N3O2/c1-3-18-12-7-8-13-19(18)25-22(27)20-14-9-15-21(24-20)23(28)26(2)16-17-10-5-4-6-11-17/h4-15H,3,16H2,1-2H3,(H,25,27). The number of benzene rings is 2. The third kappa shape index (κ3) is 4.62. The molecule has 0 aliphatic carbocycles. The Kier molecular flexibility index (Phi) is 6.17. The zero-order valence-electron chi connectivity index (χ0n) is 16.1. The van der Waals surface area contributed by atoms with Gasteiger partial charge < -0.3 is 10.2 Å². The number of nitrogens with one attached hydrogen (secondary N) is 1. The second kappa shape index (κ2) is 8.95. The summed E-state index contributed by atoms with van der Waals surface area (Å²) in [4.78, 5) is 31.2. The van der Waals surface area contributed by atoms with E-state index in [0.717, 1.165) is 23.2 Å². The third-order valence-electron chi connectivity index (χ3n) is 4.46. The predicted octanol–water partition coefficient (Wildman–Crippen LogP) is 4.17. The van der Waals surface area contributed by atoms with Crippen LogP contribution in [-0.2, 0) is 13.0 Å². The summed E-state index contributed by atoms with van der Waals surface area (Å²) in [6, 6.07) is 22.3. The number of hydrogen-bond donors (Lipinski definition) is 1. The van der Waals surface area contributed by atoms with Crippen molar-refractivity contribution in [1.82, 2.24) is 9.88 Å². The van der Waals surface area contributed by atoms with Crippen LogP contribution < -0.4 is 5.32 Å². The van der Waals surface area contributed by atoms with E-state index >= 15 is 0 Å². The number of amides is 2. The van der Waals surface area contributed by atoms with Crippen molar-refractivity contribution in [2.75, 3.05) is 12.4 Å². The number of rotatable bonds is 6. The maximum atomic E-state index is 12.7. The lowest BCUT2D eigenvalue weighted by molar-refractivity contribution is 0.0779. The molecule has 0 radical (unpaired) electrons. The second-order valence-corrected chi connectivity index (χ2v) is 6.52. The highest BCUT2D eigenvalue weighted by Gasteiger charge is 2.16. The van der Waals surface area contributed by atoms with Crippen molar-refractivity contribution in [3.63, 3.8) is 0 Å². The van der Waals surface area contributed by atoms with Crippen LogP contribution in [0.25, 0.3) is 0 Å². The molecule has 0 spiro atoms. The van der Waals surface area contributed by atoms with E-state index in [1.54, 1.807) is 30.1 Å². The fraction of sp³-hybridized carbons (Fsp3) is 0.174. The predicted molar refractivity (Wildman–Crippen MR) is 110 cm³/mol. The quantitative estimate of drug-likeness (QED) is 0.705. The molecule has 0 saturated heterocycles. The Bertz CT molecular complexity index is 970. The fourth-order valence-corrected chi connectivity index (χ4v) is 2.94. The highest BCUT2D eigenvalue weighted by Crippen LogP contribution is 2.16. The zero-order valence-corrected chi connectivity index (χ0v) is 16.1. The molecule has 2 amide bonds. The van der Waals surface area contributed by atoms with Gasteiger partial charge in [0.25, 0.3) is 11.8 Å². The van der Waals surface area contributed by atoms with Crippen LogP contribution >= 0.6 is 0 Å². The van der Waals surface area contributed by atoms with Crippen LogP contribution in [0.2, 0.25) is 0 Å². The van der Waals surface area contributed by atoms with Gasteiger partial charge in [0, 0.05) is 19.3 Å². The number of para-hydroxylation sites is 1. The summed E-state index contributed by atoms with van der Waals surface area (Å²) in [5.41, 5.74) is 3.29. The van der Waals surface area contributed by atoms with Crippen molar-refractivity contribution in [1.29, 1.82) is 0 Å². The highest BCUT2D eigenvalue weighted by atomic mass is 16.2. The first-order chi connectivity index (χ1) is 13.6. The van der Waals surface area contributed by atoms with Gasteiger partial charge in [0.1, 0.15) is 11.4 Å². The van der Waals surface area contributed by atoms with E-state index in [2.05, 4.69) is 10.3 Å². The molecule has 5 heteroatoms. The molecule has 2 aromatic carbocycles. The van der Waals surface area contributed by atoms with E-state index in [1.165, 1.54) is 0 Å². The summed E-state index contributed by atoms with van der Waals surface area (Å²) in [6.07, 6.45) is 0.812. The number of anilines is 1. The molecule has 0 fully saturated rings. The van der Waals surface area contributed by atoms with Crippen LogP contribution in [0.5, 0.6) is 0 Å². The zero-order chi connectivity index (χ0) is 19.9. The van der Waals surface area contributed by atoms with Crippen LogP contribution in [0, 0.1) is 0 Å². The SMILES string of the molecule is CCc1ccccc1NC(=O)c1cccc(C(=O)N(C)Cc2ccccc2)n1. The lowest BCUT2D eigenvalue weighted by atomic mass is 10.1. The van der Waals surface area contributed by atoms with Crippen molar-refractivity contribution in [2.24, 2.45) is 0 Å². The van der Waals surface area contributed by atoms with Crippen LogP contribution in [0.3, 0.4) is 0 Å². The maximum Gasteiger partial charge on any atom is 0.274 e. The lowest BCUT2D eigenvalue weighted by Gasteiger charge is -2.17. The Morgan fingerprint density at radius 3 is 2.32 bits per heavy atom. The van der Waals surface area contributed by atoms with Gasteiger partial charge >= 0.3 is 0 Å². The largest absolute Gasteiger partial charge is 0.336 e. The topological polar surface area (TPSA) is 62.3 Å². The number of pyridine rings is 1. The first-order valence-corrected chi connectivity index (χ1v) is 9.24. The smallest absolute Gasteiger partial charge is 0.274 e. The van der Waals surface area contributed by atoms with E-state index < -0.39 is 0 Å². The monoisotopic (exact) mass is 373 g/mol. The molecule has 0 aliphatic heterocycles. The van der Waals surface area contributed by atoms with Crippen LogP contribution in [0.15, 0.2) is 72.8 Å². The van der Waals surface area contributed by atoms with Crippen LogP contribution in [0.1, 0.15) is 39.0 Å². The number of aromatic nitrogens is 1. The average molecular weight is 373 g/mol. The van der Waals surface area contributed by atoms with Gasteiger partial charge in [-0.1, -0.05) is 61.5 Å². The van der Waals surface area contributed by atoms with Crippen molar-refractivity contribution >= 4 is 17.5 Å². The minimum Gasteiger partial charge on any atom is -0.336 e. The van der Waals surface area contributed by atoms with Crippen LogP contribution in [-0.4, -0.2) is 28.7 Å². The Balaban J connectivity index is 1.74. The van der Waals surface area contributed by atoms with Gasteiger partial charge in [0.05, 0.1) is 0 Å². The van der Waals surface area contributed by atoms with Crippen LogP contribution in [0.4, 0.5) is 5.69 Å². The fourth-order valence-electron chi connectivity index (χ4n) is 2.94. The lowest BCUT2D eigenvalue weighted by Crippen LogP contribution is -2.27. The first kappa shape index (κ1) is 19.3. The maximum absolute atomic E-state index is 12.7. The number of aryl methyl sites for hydroxylation is 1. The van der Waals surface area contributed by atoms with E-state index in [4.69, 9.17) is 0 Å². The van der Waals surface area contributed by atoms with E-state index in [1.807, 2.05) is 61.5 Å². The van der Waals surface area contributed by atoms with Gasteiger partial charge in [-0.05, 0) is 35.7 Å². The van der Waals surface area contributed by atoms with Gasteiger partial charge in [-0.2, -0.15) is 0 Å².